The minimum absolute atomic E-state index is 0.0782. The molecule has 3 heterocycles. The van der Waals surface area contributed by atoms with Crippen molar-refractivity contribution >= 4 is 17.3 Å². The summed E-state index contributed by atoms with van der Waals surface area (Å²) < 4.78 is 10.9. The Bertz CT molecular complexity index is 590. The van der Waals surface area contributed by atoms with Gasteiger partial charge in [0.15, 0.2) is 0 Å². The fourth-order valence-electron chi connectivity index (χ4n) is 3.16. The first kappa shape index (κ1) is 18.7. The maximum absolute atomic E-state index is 11.5. The fourth-order valence-corrected chi connectivity index (χ4v) is 3.16. The van der Waals surface area contributed by atoms with Crippen LogP contribution in [0.2, 0.25) is 0 Å². The molecular weight excluding hydrogens is 340 g/mol. The fraction of sp³-hybridized carbons (Fsp3) is 0.750. The Morgan fingerprint density at radius 2 is 2.00 bits per heavy atom. The van der Waals surface area contributed by atoms with Crippen LogP contribution < -0.4 is 10.6 Å². The minimum Gasteiger partial charge on any atom is -0.379 e. The normalized spacial score (nSPS) is 20.8. The molecule has 0 bridgehead atoms. The zero-order valence-corrected chi connectivity index (χ0v) is 14.9. The number of hydrogen-bond donors (Lipinski definition) is 2. The summed E-state index contributed by atoms with van der Waals surface area (Å²) >= 11 is 0. The summed E-state index contributed by atoms with van der Waals surface area (Å²) in [7, 11) is 0. The molecule has 26 heavy (non-hydrogen) atoms. The van der Waals surface area contributed by atoms with Crippen LogP contribution in [0.25, 0.3) is 0 Å². The topological polar surface area (TPSA) is 115 Å². The van der Waals surface area contributed by atoms with Crippen LogP contribution in [0.3, 0.4) is 0 Å². The summed E-state index contributed by atoms with van der Waals surface area (Å²) in [6, 6.07) is 0. The van der Waals surface area contributed by atoms with Crippen molar-refractivity contribution in [1.29, 1.82) is 0 Å². The lowest BCUT2D eigenvalue weighted by Gasteiger charge is -2.26. The van der Waals surface area contributed by atoms with Gasteiger partial charge in [-0.3, -0.25) is 15.0 Å². The Morgan fingerprint density at radius 3 is 2.69 bits per heavy atom. The van der Waals surface area contributed by atoms with Crippen LogP contribution in [0, 0.1) is 10.1 Å². The van der Waals surface area contributed by atoms with Crippen molar-refractivity contribution in [3.05, 3.63) is 16.4 Å². The van der Waals surface area contributed by atoms with Gasteiger partial charge in [-0.25, -0.2) is 9.97 Å². The number of rotatable bonds is 9. The van der Waals surface area contributed by atoms with Gasteiger partial charge in [0.25, 0.3) is 0 Å². The van der Waals surface area contributed by atoms with Crippen molar-refractivity contribution in [3.63, 3.8) is 0 Å². The van der Waals surface area contributed by atoms with Crippen LogP contribution >= 0.6 is 0 Å². The van der Waals surface area contributed by atoms with Gasteiger partial charge < -0.3 is 20.1 Å². The van der Waals surface area contributed by atoms with Gasteiger partial charge in [0, 0.05) is 32.8 Å². The maximum Gasteiger partial charge on any atom is 0.353 e. The summed E-state index contributed by atoms with van der Waals surface area (Å²) in [6.07, 6.45) is 4.27. The highest BCUT2D eigenvalue weighted by Gasteiger charge is 2.24. The van der Waals surface area contributed by atoms with E-state index in [0.29, 0.717) is 13.1 Å². The lowest BCUT2D eigenvalue weighted by Crippen LogP contribution is -2.37. The highest BCUT2D eigenvalue weighted by atomic mass is 16.6. The second kappa shape index (κ2) is 9.60. The van der Waals surface area contributed by atoms with Crippen molar-refractivity contribution < 1.29 is 14.4 Å². The third-order valence-electron chi connectivity index (χ3n) is 4.57. The number of nitrogens with zero attached hydrogens (tertiary/aromatic N) is 4. The van der Waals surface area contributed by atoms with E-state index in [1.807, 2.05) is 0 Å². The number of nitrogens with one attached hydrogen (secondary N) is 2. The van der Waals surface area contributed by atoms with Gasteiger partial charge in [0.1, 0.15) is 6.33 Å². The smallest absolute Gasteiger partial charge is 0.353 e. The summed E-state index contributed by atoms with van der Waals surface area (Å²) in [6.45, 7) is 6.20. The summed E-state index contributed by atoms with van der Waals surface area (Å²) in [5.74, 6) is 0.484. The molecule has 1 aromatic heterocycles. The lowest BCUT2D eigenvalue weighted by atomic mass is 10.2. The van der Waals surface area contributed by atoms with Crippen molar-refractivity contribution in [2.24, 2.45) is 0 Å². The van der Waals surface area contributed by atoms with E-state index in [0.717, 1.165) is 58.7 Å². The molecule has 0 spiro atoms. The number of morpholine rings is 1. The lowest BCUT2D eigenvalue weighted by molar-refractivity contribution is -0.383. The molecule has 144 valence electrons. The molecule has 2 aliphatic heterocycles. The van der Waals surface area contributed by atoms with Gasteiger partial charge in [-0.15, -0.1) is 0 Å². The average Bonchev–Trinajstić information content (AvgIpc) is 3.18. The van der Waals surface area contributed by atoms with E-state index < -0.39 is 4.92 Å². The van der Waals surface area contributed by atoms with Crippen LogP contribution in [0.15, 0.2) is 6.33 Å². The molecule has 0 saturated carbocycles. The summed E-state index contributed by atoms with van der Waals surface area (Å²) in [5, 5.41) is 17.6. The summed E-state index contributed by atoms with van der Waals surface area (Å²) in [5.41, 5.74) is -0.114. The molecule has 2 fully saturated rings. The van der Waals surface area contributed by atoms with Gasteiger partial charge in [0.2, 0.25) is 11.6 Å². The van der Waals surface area contributed by atoms with Gasteiger partial charge >= 0.3 is 5.69 Å². The molecule has 1 aromatic rings. The first-order valence-corrected chi connectivity index (χ1v) is 9.13. The van der Waals surface area contributed by atoms with Gasteiger partial charge in [0.05, 0.1) is 24.2 Å². The van der Waals surface area contributed by atoms with Crippen molar-refractivity contribution in [2.75, 3.05) is 63.2 Å². The van der Waals surface area contributed by atoms with E-state index in [2.05, 4.69) is 25.5 Å². The predicted molar refractivity (Wildman–Crippen MR) is 96.5 cm³/mol. The van der Waals surface area contributed by atoms with Crippen molar-refractivity contribution in [2.45, 2.75) is 25.4 Å². The molecule has 1 atom stereocenters. The van der Waals surface area contributed by atoms with E-state index in [-0.39, 0.29) is 23.4 Å². The Hall–Kier alpha value is -2.04. The first-order chi connectivity index (χ1) is 12.7. The van der Waals surface area contributed by atoms with Gasteiger partial charge in [-0.1, -0.05) is 0 Å². The minimum atomic E-state index is -0.442. The molecular formula is C16H26N6O4. The molecule has 2 N–H and O–H groups in total. The molecule has 2 aliphatic rings. The quantitative estimate of drug-likeness (QED) is 0.377. The molecule has 10 nitrogen and oxygen atoms in total. The molecule has 1 unspecified atom stereocenters. The van der Waals surface area contributed by atoms with Crippen molar-refractivity contribution in [1.82, 2.24) is 14.9 Å². The molecule has 0 radical (unpaired) electrons. The van der Waals surface area contributed by atoms with Crippen LogP contribution in [0.4, 0.5) is 17.3 Å². The first-order valence-electron chi connectivity index (χ1n) is 9.13. The third-order valence-corrected chi connectivity index (χ3v) is 4.57. The molecule has 0 amide bonds. The Morgan fingerprint density at radius 1 is 1.23 bits per heavy atom. The predicted octanol–water partition coefficient (Wildman–Crippen LogP) is 1.11. The Balaban J connectivity index is 1.53. The number of aromatic nitrogens is 2. The number of ether oxygens (including phenoxy) is 2. The van der Waals surface area contributed by atoms with E-state index in [1.54, 1.807) is 0 Å². The monoisotopic (exact) mass is 366 g/mol. The molecule has 10 heteroatoms. The largest absolute Gasteiger partial charge is 0.379 e. The standard InChI is InChI=1S/C16H26N6O4/c23-22(24)14-15(17-4-2-5-21-6-9-25-10-7-21)19-12-20-16(14)18-11-13-3-1-8-26-13/h12-13H,1-11H2,(H2,17,18,19,20). The second-order valence-corrected chi connectivity index (χ2v) is 6.43. The second-order valence-electron chi connectivity index (χ2n) is 6.43. The number of anilines is 2. The molecule has 0 aromatic carbocycles. The van der Waals surface area contributed by atoms with E-state index in [4.69, 9.17) is 9.47 Å². The highest BCUT2D eigenvalue weighted by molar-refractivity contribution is 5.69. The van der Waals surface area contributed by atoms with Gasteiger partial charge in [-0.2, -0.15) is 0 Å². The van der Waals surface area contributed by atoms with Gasteiger partial charge in [-0.05, 0) is 25.8 Å². The zero-order valence-electron chi connectivity index (χ0n) is 14.9. The average molecular weight is 366 g/mol. The van der Waals surface area contributed by atoms with E-state index in [1.165, 1.54) is 6.33 Å². The zero-order chi connectivity index (χ0) is 18.2. The molecule has 0 aliphatic carbocycles. The SMILES string of the molecule is O=[N+]([O-])c1c(NCCCN2CCOCC2)ncnc1NCC1CCCO1. The number of hydrogen-bond acceptors (Lipinski definition) is 9. The van der Waals surface area contributed by atoms with Crippen LogP contribution in [0.1, 0.15) is 19.3 Å². The van der Waals surface area contributed by atoms with Crippen LogP contribution in [-0.2, 0) is 9.47 Å². The van der Waals surface area contributed by atoms with Crippen LogP contribution in [0.5, 0.6) is 0 Å². The highest BCUT2D eigenvalue weighted by Crippen LogP contribution is 2.29. The maximum atomic E-state index is 11.5. The Labute approximate surface area is 152 Å². The van der Waals surface area contributed by atoms with E-state index in [9.17, 15) is 10.1 Å². The summed E-state index contributed by atoms with van der Waals surface area (Å²) in [4.78, 5) is 21.5. The molecule has 2 saturated heterocycles. The number of nitro groups is 1. The van der Waals surface area contributed by atoms with Crippen LogP contribution in [-0.4, -0.2) is 78.4 Å². The Kier molecular flexibility index (Phi) is 6.92. The molecule has 3 rings (SSSR count). The van der Waals surface area contributed by atoms with Crippen molar-refractivity contribution in [3.8, 4) is 0 Å². The third kappa shape index (κ3) is 5.23. The van der Waals surface area contributed by atoms with E-state index >= 15 is 0 Å².